The van der Waals surface area contributed by atoms with E-state index in [9.17, 15) is 4.79 Å². The van der Waals surface area contributed by atoms with Crippen LogP contribution >= 0.6 is 11.6 Å². The zero-order chi connectivity index (χ0) is 16.2. The molecule has 0 amide bonds. The van der Waals surface area contributed by atoms with Crippen molar-refractivity contribution in [2.45, 2.75) is 6.54 Å². The van der Waals surface area contributed by atoms with Gasteiger partial charge in [-0.15, -0.1) is 0 Å². The van der Waals surface area contributed by atoms with Gasteiger partial charge in [-0.2, -0.15) is 0 Å². The number of rotatable bonds is 4. The van der Waals surface area contributed by atoms with E-state index in [4.69, 9.17) is 16.3 Å². The van der Waals surface area contributed by atoms with Gasteiger partial charge in [-0.3, -0.25) is 9.69 Å². The zero-order valence-electron chi connectivity index (χ0n) is 13.1. The SMILES string of the molecule is COc1c[nH]c(CN2CCN(c3ccccc3Cl)CC2)cc1=O. The van der Waals surface area contributed by atoms with E-state index in [1.54, 1.807) is 12.3 Å². The summed E-state index contributed by atoms with van der Waals surface area (Å²) < 4.78 is 4.99. The largest absolute Gasteiger partial charge is 0.491 e. The van der Waals surface area contributed by atoms with Gasteiger partial charge in [0, 0.05) is 50.7 Å². The molecule has 122 valence electrons. The highest BCUT2D eigenvalue weighted by Gasteiger charge is 2.19. The fourth-order valence-electron chi connectivity index (χ4n) is 2.85. The van der Waals surface area contributed by atoms with Gasteiger partial charge in [0.2, 0.25) is 5.43 Å². The normalized spacial score (nSPS) is 15.7. The number of anilines is 1. The van der Waals surface area contributed by atoms with Crippen molar-refractivity contribution in [2.75, 3.05) is 38.2 Å². The number of piperazine rings is 1. The Labute approximate surface area is 140 Å². The van der Waals surface area contributed by atoms with E-state index in [2.05, 4.69) is 20.9 Å². The molecule has 0 radical (unpaired) electrons. The summed E-state index contributed by atoms with van der Waals surface area (Å²) in [4.78, 5) is 19.6. The van der Waals surface area contributed by atoms with Crippen molar-refractivity contribution in [2.24, 2.45) is 0 Å². The number of aromatic nitrogens is 1. The number of aromatic amines is 1. The Bertz CT molecular complexity index is 724. The number of methoxy groups -OCH3 is 1. The van der Waals surface area contributed by atoms with Crippen molar-refractivity contribution in [3.8, 4) is 5.75 Å². The van der Waals surface area contributed by atoms with Crippen molar-refractivity contribution in [3.63, 3.8) is 0 Å². The minimum atomic E-state index is -0.0871. The first-order chi connectivity index (χ1) is 11.2. The van der Waals surface area contributed by atoms with Gasteiger partial charge in [-0.05, 0) is 12.1 Å². The number of hydrogen-bond acceptors (Lipinski definition) is 4. The number of hydrogen-bond donors (Lipinski definition) is 1. The van der Waals surface area contributed by atoms with Crippen molar-refractivity contribution in [1.82, 2.24) is 9.88 Å². The van der Waals surface area contributed by atoms with E-state index < -0.39 is 0 Å². The molecular formula is C17H20ClN3O2. The van der Waals surface area contributed by atoms with Gasteiger partial charge in [0.1, 0.15) is 0 Å². The van der Waals surface area contributed by atoms with Crippen LogP contribution in [0.4, 0.5) is 5.69 Å². The van der Waals surface area contributed by atoms with Gasteiger partial charge >= 0.3 is 0 Å². The molecule has 5 nitrogen and oxygen atoms in total. The number of benzene rings is 1. The molecule has 1 aromatic carbocycles. The molecule has 0 atom stereocenters. The van der Waals surface area contributed by atoms with E-state index in [0.717, 1.165) is 49.1 Å². The summed E-state index contributed by atoms with van der Waals surface area (Å²) in [5.74, 6) is 0.345. The van der Waals surface area contributed by atoms with E-state index in [1.807, 2.05) is 18.2 Å². The van der Waals surface area contributed by atoms with Gasteiger partial charge in [0.15, 0.2) is 5.75 Å². The lowest BCUT2D eigenvalue weighted by molar-refractivity contribution is 0.247. The Morgan fingerprint density at radius 2 is 1.96 bits per heavy atom. The monoisotopic (exact) mass is 333 g/mol. The van der Waals surface area contributed by atoms with Crippen LogP contribution in [-0.2, 0) is 6.54 Å². The molecule has 0 spiro atoms. The summed E-state index contributed by atoms with van der Waals surface area (Å²) in [5, 5.41) is 0.792. The van der Waals surface area contributed by atoms with Gasteiger partial charge < -0.3 is 14.6 Å². The minimum Gasteiger partial charge on any atom is -0.491 e. The number of para-hydroxylation sites is 1. The predicted molar refractivity (Wildman–Crippen MR) is 92.6 cm³/mol. The maximum absolute atomic E-state index is 11.8. The molecule has 0 aliphatic carbocycles. The van der Waals surface area contributed by atoms with Gasteiger partial charge in [-0.25, -0.2) is 0 Å². The molecule has 2 aromatic rings. The highest BCUT2D eigenvalue weighted by molar-refractivity contribution is 6.33. The minimum absolute atomic E-state index is 0.0871. The van der Waals surface area contributed by atoms with Crippen LogP contribution < -0.4 is 15.1 Å². The molecule has 3 rings (SSSR count). The molecule has 1 aliphatic rings. The van der Waals surface area contributed by atoms with Crippen molar-refractivity contribution < 1.29 is 4.74 Å². The van der Waals surface area contributed by atoms with E-state index in [1.165, 1.54) is 7.11 Å². The third-order valence-corrected chi connectivity index (χ3v) is 4.44. The lowest BCUT2D eigenvalue weighted by Crippen LogP contribution is -2.46. The first-order valence-corrected chi connectivity index (χ1v) is 8.02. The Hall–Kier alpha value is -1.98. The van der Waals surface area contributed by atoms with E-state index >= 15 is 0 Å². The fraction of sp³-hybridized carbons (Fsp3) is 0.353. The average molecular weight is 334 g/mol. The van der Waals surface area contributed by atoms with Crippen LogP contribution in [0.25, 0.3) is 0 Å². The molecule has 1 N–H and O–H groups in total. The summed E-state index contributed by atoms with van der Waals surface area (Å²) in [6, 6.07) is 9.54. The third-order valence-electron chi connectivity index (χ3n) is 4.12. The topological polar surface area (TPSA) is 48.6 Å². The average Bonchev–Trinajstić information content (AvgIpc) is 2.56. The molecular weight excluding hydrogens is 314 g/mol. The standard InChI is InChI=1S/C17H20ClN3O2/c1-23-17-11-19-13(10-16(17)22)12-20-6-8-21(9-7-20)15-5-3-2-4-14(15)18/h2-5,10-11H,6-9,12H2,1H3,(H,19,22). The van der Waals surface area contributed by atoms with Crippen molar-refractivity contribution in [1.29, 1.82) is 0 Å². The predicted octanol–water partition coefficient (Wildman–Crippen LogP) is 2.36. The zero-order valence-corrected chi connectivity index (χ0v) is 13.8. The molecule has 1 saturated heterocycles. The Kier molecular flexibility index (Phi) is 4.88. The summed E-state index contributed by atoms with van der Waals surface area (Å²) in [7, 11) is 1.50. The van der Waals surface area contributed by atoms with Gasteiger partial charge in [0.05, 0.1) is 17.8 Å². The van der Waals surface area contributed by atoms with Crippen LogP contribution in [0.15, 0.2) is 41.3 Å². The van der Waals surface area contributed by atoms with Crippen LogP contribution in [0.2, 0.25) is 5.02 Å². The second kappa shape index (κ2) is 7.06. The molecule has 2 heterocycles. The third kappa shape index (κ3) is 3.68. The molecule has 1 fully saturated rings. The Balaban J connectivity index is 1.60. The number of pyridine rings is 1. The van der Waals surface area contributed by atoms with Gasteiger partial charge in [-0.1, -0.05) is 23.7 Å². The van der Waals surface area contributed by atoms with Crippen LogP contribution in [0.3, 0.4) is 0 Å². The maximum Gasteiger partial charge on any atom is 0.223 e. The van der Waals surface area contributed by atoms with E-state index in [0.29, 0.717) is 5.75 Å². The Morgan fingerprint density at radius 3 is 2.61 bits per heavy atom. The summed E-state index contributed by atoms with van der Waals surface area (Å²) in [6.07, 6.45) is 1.62. The number of nitrogens with one attached hydrogen (secondary N) is 1. The summed E-state index contributed by atoms with van der Waals surface area (Å²) in [5.41, 5.74) is 1.91. The molecule has 0 bridgehead atoms. The first kappa shape index (κ1) is 15.9. The summed E-state index contributed by atoms with van der Waals surface area (Å²) in [6.45, 7) is 4.43. The van der Waals surface area contributed by atoms with Crippen LogP contribution in [-0.4, -0.2) is 43.2 Å². The lowest BCUT2D eigenvalue weighted by Gasteiger charge is -2.36. The highest BCUT2D eigenvalue weighted by atomic mass is 35.5. The van der Waals surface area contributed by atoms with Crippen molar-refractivity contribution >= 4 is 17.3 Å². The number of nitrogens with zero attached hydrogens (tertiary/aromatic N) is 2. The van der Waals surface area contributed by atoms with Crippen molar-refractivity contribution in [3.05, 3.63) is 57.5 Å². The molecule has 0 saturated carbocycles. The molecule has 1 aliphatic heterocycles. The fourth-order valence-corrected chi connectivity index (χ4v) is 3.10. The molecule has 1 aromatic heterocycles. The lowest BCUT2D eigenvalue weighted by atomic mass is 10.2. The number of halogens is 1. The maximum atomic E-state index is 11.8. The van der Waals surface area contributed by atoms with E-state index in [-0.39, 0.29) is 5.43 Å². The van der Waals surface area contributed by atoms with Crippen LogP contribution in [0.1, 0.15) is 5.69 Å². The molecule has 23 heavy (non-hydrogen) atoms. The second-order valence-electron chi connectivity index (χ2n) is 5.61. The smallest absolute Gasteiger partial charge is 0.223 e. The highest BCUT2D eigenvalue weighted by Crippen LogP contribution is 2.26. The van der Waals surface area contributed by atoms with Gasteiger partial charge in [0.25, 0.3) is 0 Å². The van der Waals surface area contributed by atoms with Crippen LogP contribution in [0.5, 0.6) is 5.75 Å². The molecule has 6 heteroatoms. The Morgan fingerprint density at radius 1 is 1.22 bits per heavy atom. The number of ether oxygens (including phenoxy) is 1. The first-order valence-electron chi connectivity index (χ1n) is 7.65. The number of H-pyrrole nitrogens is 1. The van der Waals surface area contributed by atoms with Crippen LogP contribution in [0, 0.1) is 0 Å². The molecule has 0 unspecified atom stereocenters. The second-order valence-corrected chi connectivity index (χ2v) is 6.01. The quantitative estimate of drug-likeness (QED) is 0.933. The summed E-state index contributed by atoms with van der Waals surface area (Å²) >= 11 is 6.26.